The number of hydrogen-bond acceptors (Lipinski definition) is 8. The predicted molar refractivity (Wildman–Crippen MR) is 140 cm³/mol. The Bertz CT molecular complexity index is 1220. The van der Waals surface area contributed by atoms with Gasteiger partial charge < -0.3 is 20.1 Å². The maximum Gasteiger partial charge on any atom is 0.287 e. The predicted octanol–water partition coefficient (Wildman–Crippen LogP) is 2.77. The fourth-order valence-electron chi connectivity index (χ4n) is 5.32. The Morgan fingerprint density at radius 1 is 1.11 bits per heavy atom. The number of rotatable bonds is 8. The zero-order chi connectivity index (χ0) is 25.3. The highest BCUT2D eigenvalue weighted by Gasteiger charge is 2.37. The monoisotopic (exact) mass is 536 g/mol. The van der Waals surface area contributed by atoms with Gasteiger partial charge in [0.05, 0.1) is 43.5 Å². The average Bonchev–Trinajstić information content (AvgIpc) is 3.72. The van der Waals surface area contributed by atoms with Crippen molar-refractivity contribution in [3.8, 4) is 0 Å². The Morgan fingerprint density at radius 3 is 2.39 bits per heavy atom. The molecule has 2 aliphatic carbocycles. The fourth-order valence-corrected chi connectivity index (χ4v) is 6.85. The molecule has 1 saturated heterocycles. The van der Waals surface area contributed by atoms with Crippen LogP contribution < -0.4 is 15.8 Å². The number of aliphatic hydroxyl groups is 1. The van der Waals surface area contributed by atoms with E-state index >= 15 is 0 Å². The smallest absolute Gasteiger partial charge is 0.287 e. The number of nitrogens with zero attached hydrogens (tertiary/aromatic N) is 3. The summed E-state index contributed by atoms with van der Waals surface area (Å²) in [5.41, 5.74) is 2.09. The number of ether oxygens (including phenoxy) is 1. The molecule has 9 nitrogen and oxygen atoms in total. The lowest BCUT2D eigenvalue weighted by atomic mass is 9.89. The summed E-state index contributed by atoms with van der Waals surface area (Å²) in [5.74, 6) is 0.00173. The van der Waals surface area contributed by atoms with E-state index in [0.29, 0.717) is 17.8 Å². The maximum absolute atomic E-state index is 13.0. The summed E-state index contributed by atoms with van der Waals surface area (Å²) in [6, 6.07) is 9.09. The van der Waals surface area contributed by atoms with Crippen molar-refractivity contribution in [2.75, 3.05) is 35.7 Å². The minimum absolute atomic E-state index is 0.00173. The number of aromatic nitrogens is 2. The molecular formula is C25H33ClN4O5S. The van der Waals surface area contributed by atoms with Gasteiger partial charge in [-0.2, -0.15) is 5.10 Å². The lowest BCUT2D eigenvalue weighted by Crippen LogP contribution is -2.42. The summed E-state index contributed by atoms with van der Waals surface area (Å²) in [4.78, 5) is 15.6. The Morgan fingerprint density at radius 2 is 1.78 bits per heavy atom. The molecule has 5 rings (SSSR count). The molecular weight excluding hydrogens is 504 g/mol. The van der Waals surface area contributed by atoms with Crippen LogP contribution in [0.15, 0.2) is 35.3 Å². The number of nitrogens with one attached hydrogen (secondary N) is 1. The highest BCUT2D eigenvalue weighted by atomic mass is 35.5. The van der Waals surface area contributed by atoms with Gasteiger partial charge in [-0.15, -0.1) is 0 Å². The van der Waals surface area contributed by atoms with E-state index < -0.39 is 15.1 Å². The molecule has 36 heavy (non-hydrogen) atoms. The third-order valence-electron chi connectivity index (χ3n) is 7.55. The molecule has 0 amide bonds. The van der Waals surface area contributed by atoms with Crippen molar-refractivity contribution in [1.82, 2.24) is 9.78 Å². The quantitative estimate of drug-likeness (QED) is 0.529. The first kappa shape index (κ1) is 25.5. The third kappa shape index (κ3) is 5.41. The molecule has 2 N–H and O–H groups in total. The number of sulfone groups is 1. The van der Waals surface area contributed by atoms with Gasteiger partial charge in [0.1, 0.15) is 10.3 Å². The molecule has 196 valence electrons. The van der Waals surface area contributed by atoms with Crippen LogP contribution in [0.5, 0.6) is 0 Å². The first-order chi connectivity index (χ1) is 17.4. The Labute approximate surface area is 216 Å². The van der Waals surface area contributed by atoms with Gasteiger partial charge in [0.25, 0.3) is 5.56 Å². The van der Waals surface area contributed by atoms with Gasteiger partial charge >= 0.3 is 0 Å². The molecule has 0 spiro atoms. The molecule has 1 atom stereocenters. The largest absolute Gasteiger partial charge is 0.392 e. The summed E-state index contributed by atoms with van der Waals surface area (Å²) in [7, 11) is -3.23. The second-order valence-corrected chi connectivity index (χ2v) is 12.8. The van der Waals surface area contributed by atoms with Crippen molar-refractivity contribution >= 4 is 32.8 Å². The second-order valence-electron chi connectivity index (χ2n) is 9.99. The van der Waals surface area contributed by atoms with Gasteiger partial charge in [-0.05, 0) is 56.2 Å². The summed E-state index contributed by atoms with van der Waals surface area (Å²) in [5, 5.41) is 16.1. The van der Waals surface area contributed by atoms with Gasteiger partial charge in [0, 0.05) is 24.3 Å². The third-order valence-corrected chi connectivity index (χ3v) is 9.97. The topological polar surface area (TPSA) is 114 Å². The summed E-state index contributed by atoms with van der Waals surface area (Å²) < 4.78 is 31.2. The molecule has 1 aromatic carbocycles. The lowest BCUT2D eigenvalue weighted by molar-refractivity contribution is 0.140. The lowest BCUT2D eigenvalue weighted by Gasteiger charge is -2.39. The van der Waals surface area contributed by atoms with Crippen LogP contribution in [0.3, 0.4) is 0 Å². The summed E-state index contributed by atoms with van der Waals surface area (Å²) in [6.07, 6.45) is 7.47. The van der Waals surface area contributed by atoms with Gasteiger partial charge in [0.15, 0.2) is 9.84 Å². The van der Waals surface area contributed by atoms with Gasteiger partial charge in [-0.3, -0.25) is 4.79 Å². The van der Waals surface area contributed by atoms with Crippen molar-refractivity contribution in [3.63, 3.8) is 0 Å². The fraction of sp³-hybridized carbons (Fsp3) is 0.600. The van der Waals surface area contributed by atoms with E-state index in [1.54, 1.807) is 0 Å². The number of anilines is 2. The summed E-state index contributed by atoms with van der Waals surface area (Å²) >= 11 is 6.40. The normalized spacial score (nSPS) is 25.9. The molecule has 3 fully saturated rings. The molecule has 2 heterocycles. The number of hydrogen-bond donors (Lipinski definition) is 2. The van der Waals surface area contributed by atoms with Gasteiger partial charge in [0.2, 0.25) is 0 Å². The molecule has 2 saturated carbocycles. The second kappa shape index (κ2) is 10.7. The summed E-state index contributed by atoms with van der Waals surface area (Å²) in [6.45, 7) is 0.508. The molecule has 1 aromatic heterocycles. The van der Waals surface area contributed by atoms with Crippen LogP contribution in [0.4, 0.5) is 11.4 Å². The SMILES string of the molecule is O=c1c(Cl)c(NC[C@@H]2COCCS2(=O)=O)cnn1C1CCC(N(c2ccc(CO)cc2)C2CC2)CC1. The first-order valence-electron chi connectivity index (χ1n) is 12.7. The average molecular weight is 537 g/mol. The maximum atomic E-state index is 13.0. The van der Waals surface area contributed by atoms with E-state index in [4.69, 9.17) is 16.3 Å². The van der Waals surface area contributed by atoms with Crippen LogP contribution in [0, 0.1) is 0 Å². The van der Waals surface area contributed by atoms with Crippen LogP contribution >= 0.6 is 11.6 Å². The molecule has 0 radical (unpaired) electrons. The van der Waals surface area contributed by atoms with E-state index in [2.05, 4.69) is 27.4 Å². The van der Waals surface area contributed by atoms with Crippen molar-refractivity contribution in [1.29, 1.82) is 0 Å². The van der Waals surface area contributed by atoms with Crippen LogP contribution in [-0.2, 0) is 21.2 Å². The zero-order valence-electron chi connectivity index (χ0n) is 20.2. The van der Waals surface area contributed by atoms with E-state index in [-0.39, 0.29) is 48.7 Å². The molecule has 0 unspecified atom stereocenters. The standard InChI is InChI=1S/C25H33ClN4O5S/c26-24-23(27-13-22-16-35-11-12-36(22,33)34)14-28-30(25(24)32)21-9-7-20(8-10-21)29(19-5-6-19)18-3-1-17(15-31)2-4-18/h1-4,14,19-22,27,31H,5-13,15-16H2/t20?,21?,22-/m1/s1. The van der Waals surface area contributed by atoms with Crippen LogP contribution in [-0.4, -0.2) is 66.1 Å². The highest BCUT2D eigenvalue weighted by molar-refractivity contribution is 7.92. The van der Waals surface area contributed by atoms with Gasteiger partial charge in [-0.1, -0.05) is 23.7 Å². The Balaban J connectivity index is 1.23. The Hall–Kier alpha value is -2.14. The zero-order valence-corrected chi connectivity index (χ0v) is 21.8. The van der Waals surface area contributed by atoms with E-state index in [9.17, 15) is 18.3 Å². The molecule has 0 bridgehead atoms. The van der Waals surface area contributed by atoms with Crippen molar-refractivity contribution < 1.29 is 18.3 Å². The van der Waals surface area contributed by atoms with Crippen molar-refractivity contribution in [2.24, 2.45) is 0 Å². The number of halogens is 1. The molecule has 2 aromatic rings. The van der Waals surface area contributed by atoms with E-state index in [0.717, 1.165) is 31.2 Å². The number of aliphatic hydroxyl groups excluding tert-OH is 1. The van der Waals surface area contributed by atoms with Crippen LogP contribution in [0.1, 0.15) is 50.1 Å². The van der Waals surface area contributed by atoms with Crippen molar-refractivity contribution in [3.05, 3.63) is 51.4 Å². The molecule has 11 heteroatoms. The number of benzene rings is 1. The first-order valence-corrected chi connectivity index (χ1v) is 14.8. The molecule has 3 aliphatic rings. The van der Waals surface area contributed by atoms with E-state index in [1.165, 1.54) is 29.4 Å². The van der Waals surface area contributed by atoms with Gasteiger partial charge in [-0.25, -0.2) is 13.1 Å². The van der Waals surface area contributed by atoms with Crippen LogP contribution in [0.25, 0.3) is 0 Å². The Kier molecular flexibility index (Phi) is 7.57. The minimum atomic E-state index is -3.23. The minimum Gasteiger partial charge on any atom is -0.392 e. The molecule has 1 aliphatic heterocycles. The van der Waals surface area contributed by atoms with E-state index in [1.807, 2.05) is 12.1 Å². The highest BCUT2D eigenvalue weighted by Crippen LogP contribution is 2.39. The van der Waals surface area contributed by atoms with Crippen molar-refractivity contribution in [2.45, 2.75) is 68.5 Å². The van der Waals surface area contributed by atoms with Crippen LogP contribution in [0.2, 0.25) is 5.02 Å².